The molecule has 0 unspecified atom stereocenters. The molecule has 0 atom stereocenters. The Labute approximate surface area is 200 Å². The second kappa shape index (κ2) is 9.57. The summed E-state index contributed by atoms with van der Waals surface area (Å²) in [6.07, 6.45) is 0. The summed E-state index contributed by atoms with van der Waals surface area (Å²) in [5.41, 5.74) is 3.89. The molecular weight excluding hydrogens is 461 g/mol. The number of aryl methyl sites for hydroxylation is 2. The molecule has 0 aliphatic rings. The molecule has 3 aromatic carbocycles. The SMILES string of the molecule is Cc1ccc(C)c(-n2nc(C(=O)OCC(=O)c3ccc(Cl)cc3)nc2-c2ccc(Cl)cc2)c1. The molecule has 33 heavy (non-hydrogen) atoms. The van der Waals surface area contributed by atoms with E-state index in [4.69, 9.17) is 27.9 Å². The van der Waals surface area contributed by atoms with Crippen LogP contribution in [0.3, 0.4) is 0 Å². The van der Waals surface area contributed by atoms with Crippen molar-refractivity contribution in [2.45, 2.75) is 13.8 Å². The van der Waals surface area contributed by atoms with E-state index >= 15 is 0 Å². The van der Waals surface area contributed by atoms with Crippen molar-refractivity contribution in [3.8, 4) is 17.1 Å². The predicted octanol–water partition coefficient (Wildman–Crippen LogP) is 5.90. The summed E-state index contributed by atoms with van der Waals surface area (Å²) in [6.45, 7) is 3.49. The van der Waals surface area contributed by atoms with Crippen molar-refractivity contribution in [1.82, 2.24) is 14.8 Å². The van der Waals surface area contributed by atoms with E-state index in [0.29, 0.717) is 21.4 Å². The van der Waals surface area contributed by atoms with Gasteiger partial charge in [-0.05, 0) is 79.6 Å². The Morgan fingerprint density at radius 3 is 2.21 bits per heavy atom. The molecule has 0 saturated carbocycles. The minimum absolute atomic E-state index is 0.148. The summed E-state index contributed by atoms with van der Waals surface area (Å²) in [5, 5.41) is 5.51. The molecule has 4 aromatic rings. The third kappa shape index (κ3) is 5.13. The summed E-state index contributed by atoms with van der Waals surface area (Å²) < 4.78 is 6.81. The highest BCUT2D eigenvalue weighted by atomic mass is 35.5. The standard InChI is InChI=1S/C25H19Cl2N3O3/c1-15-3-4-16(2)21(13-15)30-24(18-7-11-20(27)12-8-18)28-23(29-30)25(32)33-14-22(31)17-5-9-19(26)10-6-17/h3-13H,14H2,1-2H3. The number of hydrogen-bond acceptors (Lipinski definition) is 5. The van der Waals surface area contributed by atoms with Gasteiger partial charge in [0.25, 0.3) is 5.82 Å². The molecule has 166 valence electrons. The second-order valence-corrected chi connectivity index (χ2v) is 8.35. The maximum atomic E-state index is 12.7. The summed E-state index contributed by atoms with van der Waals surface area (Å²) in [6, 6.07) is 19.3. The summed E-state index contributed by atoms with van der Waals surface area (Å²) in [5.74, 6) is -0.843. The Kier molecular flexibility index (Phi) is 6.58. The lowest BCUT2D eigenvalue weighted by Crippen LogP contribution is -2.15. The molecule has 0 N–H and O–H groups in total. The monoisotopic (exact) mass is 479 g/mol. The molecule has 8 heteroatoms. The van der Waals surface area contributed by atoms with Crippen LogP contribution in [0.5, 0.6) is 0 Å². The number of carbonyl (C=O) groups is 2. The van der Waals surface area contributed by atoms with Gasteiger partial charge < -0.3 is 4.74 Å². The normalized spacial score (nSPS) is 10.8. The number of rotatable bonds is 6. The smallest absolute Gasteiger partial charge is 0.378 e. The van der Waals surface area contributed by atoms with E-state index in [2.05, 4.69) is 10.1 Å². The molecule has 0 bridgehead atoms. The van der Waals surface area contributed by atoms with Gasteiger partial charge in [0.1, 0.15) is 0 Å². The molecule has 1 aromatic heterocycles. The van der Waals surface area contributed by atoms with E-state index in [9.17, 15) is 9.59 Å². The Morgan fingerprint density at radius 1 is 0.909 bits per heavy atom. The van der Waals surface area contributed by atoms with Crippen LogP contribution in [-0.4, -0.2) is 33.1 Å². The number of benzene rings is 3. The highest BCUT2D eigenvalue weighted by Crippen LogP contribution is 2.25. The van der Waals surface area contributed by atoms with Crippen LogP contribution in [-0.2, 0) is 4.74 Å². The summed E-state index contributed by atoms with van der Waals surface area (Å²) in [7, 11) is 0. The van der Waals surface area contributed by atoms with Gasteiger partial charge in [-0.25, -0.2) is 14.5 Å². The fourth-order valence-electron chi connectivity index (χ4n) is 3.21. The average Bonchev–Trinajstić information content (AvgIpc) is 3.25. The van der Waals surface area contributed by atoms with E-state index in [1.807, 2.05) is 32.0 Å². The largest absolute Gasteiger partial charge is 0.451 e. The molecule has 0 amide bonds. The van der Waals surface area contributed by atoms with Gasteiger partial charge in [-0.1, -0.05) is 35.3 Å². The maximum Gasteiger partial charge on any atom is 0.378 e. The first-order chi connectivity index (χ1) is 15.8. The van der Waals surface area contributed by atoms with Gasteiger partial charge in [-0.3, -0.25) is 4.79 Å². The minimum atomic E-state index is -0.795. The van der Waals surface area contributed by atoms with E-state index in [1.54, 1.807) is 53.2 Å². The van der Waals surface area contributed by atoms with Gasteiger partial charge in [-0.2, -0.15) is 0 Å². The number of halogens is 2. The van der Waals surface area contributed by atoms with Crippen molar-refractivity contribution in [1.29, 1.82) is 0 Å². The zero-order valence-corrected chi connectivity index (χ0v) is 19.4. The van der Waals surface area contributed by atoms with Gasteiger partial charge in [0.2, 0.25) is 0 Å². The number of ether oxygens (including phenoxy) is 1. The molecule has 0 fully saturated rings. The molecule has 0 saturated heterocycles. The number of Topliss-reactive ketones (excluding diaryl/α,β-unsaturated/α-hetero) is 1. The number of esters is 1. The molecule has 1 heterocycles. The highest BCUT2D eigenvalue weighted by molar-refractivity contribution is 6.31. The van der Waals surface area contributed by atoms with Crippen LogP contribution in [0.4, 0.5) is 0 Å². The number of nitrogens with zero attached hydrogens (tertiary/aromatic N) is 3. The third-order valence-corrected chi connectivity index (χ3v) is 5.49. The van der Waals surface area contributed by atoms with Crippen LogP contribution in [0.15, 0.2) is 66.7 Å². The molecule has 4 rings (SSSR count). The molecule has 0 aliphatic carbocycles. The maximum absolute atomic E-state index is 12.7. The first-order valence-electron chi connectivity index (χ1n) is 10.1. The second-order valence-electron chi connectivity index (χ2n) is 7.47. The van der Waals surface area contributed by atoms with E-state index < -0.39 is 12.6 Å². The van der Waals surface area contributed by atoms with Gasteiger partial charge in [0.15, 0.2) is 18.2 Å². The van der Waals surface area contributed by atoms with Crippen LogP contribution in [0, 0.1) is 13.8 Å². The fourth-order valence-corrected chi connectivity index (χ4v) is 3.47. The quantitative estimate of drug-likeness (QED) is 0.254. The lowest BCUT2D eigenvalue weighted by Gasteiger charge is -2.10. The number of hydrogen-bond donors (Lipinski definition) is 0. The zero-order valence-electron chi connectivity index (χ0n) is 17.9. The number of aromatic nitrogens is 3. The van der Waals surface area contributed by atoms with Crippen molar-refractivity contribution in [2.75, 3.05) is 6.61 Å². The van der Waals surface area contributed by atoms with Gasteiger partial charge >= 0.3 is 5.97 Å². The zero-order chi connectivity index (χ0) is 23.5. The number of ketones is 1. The first kappa shape index (κ1) is 22.7. The molecule has 6 nitrogen and oxygen atoms in total. The van der Waals surface area contributed by atoms with Gasteiger partial charge in [-0.15, -0.1) is 5.10 Å². The number of carbonyl (C=O) groups excluding carboxylic acids is 2. The third-order valence-electron chi connectivity index (χ3n) is 4.99. The van der Waals surface area contributed by atoms with Crippen molar-refractivity contribution in [3.05, 3.63) is 99.3 Å². The van der Waals surface area contributed by atoms with Crippen LogP contribution in [0.2, 0.25) is 10.0 Å². The van der Waals surface area contributed by atoms with Crippen LogP contribution < -0.4 is 0 Å². The van der Waals surface area contributed by atoms with Crippen molar-refractivity contribution in [2.24, 2.45) is 0 Å². The lowest BCUT2D eigenvalue weighted by atomic mass is 10.1. The molecular formula is C25H19Cl2N3O3. The Hall–Kier alpha value is -3.48. The topological polar surface area (TPSA) is 74.1 Å². The Balaban J connectivity index is 1.65. The molecule has 0 spiro atoms. The Bertz CT molecular complexity index is 1330. The predicted molar refractivity (Wildman–Crippen MR) is 127 cm³/mol. The van der Waals surface area contributed by atoms with E-state index in [1.165, 1.54) is 0 Å². The van der Waals surface area contributed by atoms with Crippen molar-refractivity contribution < 1.29 is 14.3 Å². The molecule has 0 radical (unpaired) electrons. The van der Waals surface area contributed by atoms with Crippen LogP contribution in [0.25, 0.3) is 17.1 Å². The first-order valence-corrected chi connectivity index (χ1v) is 10.8. The summed E-state index contributed by atoms with van der Waals surface area (Å²) >= 11 is 11.9. The van der Waals surface area contributed by atoms with Crippen LogP contribution in [0.1, 0.15) is 32.1 Å². The van der Waals surface area contributed by atoms with E-state index in [-0.39, 0.29) is 11.6 Å². The van der Waals surface area contributed by atoms with Gasteiger partial charge in [0.05, 0.1) is 5.69 Å². The highest BCUT2D eigenvalue weighted by Gasteiger charge is 2.22. The van der Waals surface area contributed by atoms with Crippen molar-refractivity contribution >= 4 is 35.0 Å². The fraction of sp³-hybridized carbons (Fsp3) is 0.120. The minimum Gasteiger partial charge on any atom is -0.451 e. The average molecular weight is 480 g/mol. The lowest BCUT2D eigenvalue weighted by molar-refractivity contribution is 0.0462. The van der Waals surface area contributed by atoms with Crippen LogP contribution >= 0.6 is 23.2 Å². The Morgan fingerprint density at radius 2 is 1.55 bits per heavy atom. The van der Waals surface area contributed by atoms with Crippen molar-refractivity contribution in [3.63, 3.8) is 0 Å². The molecule has 0 aliphatic heterocycles. The summed E-state index contributed by atoms with van der Waals surface area (Å²) in [4.78, 5) is 29.5. The van der Waals surface area contributed by atoms with Gasteiger partial charge in [0, 0.05) is 21.2 Å². The van der Waals surface area contributed by atoms with E-state index in [0.717, 1.165) is 22.4 Å².